The number of carboxylic acid groups (broad SMARTS) is 1. The number of hydrogen-bond donors (Lipinski definition) is 2. The van der Waals surface area contributed by atoms with E-state index in [2.05, 4.69) is 5.32 Å². The molecule has 2 atom stereocenters. The molecule has 114 valence electrons. The van der Waals surface area contributed by atoms with Crippen LogP contribution in [0.25, 0.3) is 0 Å². The van der Waals surface area contributed by atoms with Gasteiger partial charge in [0, 0.05) is 27.2 Å². The predicted molar refractivity (Wildman–Crippen MR) is 70.3 cm³/mol. The Balaban J connectivity index is 2.50. The summed E-state index contributed by atoms with van der Waals surface area (Å²) in [6, 6.07) is -1.01. The van der Waals surface area contributed by atoms with Gasteiger partial charge in [0.2, 0.25) is 5.91 Å². The summed E-state index contributed by atoms with van der Waals surface area (Å²) in [7, 11) is 3.23. The maximum absolute atomic E-state index is 12.0. The van der Waals surface area contributed by atoms with Gasteiger partial charge in [0.25, 0.3) is 0 Å². The minimum atomic E-state index is -0.964. The molecule has 8 heteroatoms. The number of morpholine rings is 1. The Morgan fingerprint density at radius 3 is 2.65 bits per heavy atom. The standard InChI is InChI=1S/C12H21N3O5/c1-8(11(18)14(2)3)13-12(19)15-4-5-20-9(7-15)6-10(16)17/h8-9H,4-7H2,1-3H3,(H,13,19)(H,16,17). The second-order valence-electron chi connectivity index (χ2n) is 4.94. The zero-order valence-corrected chi connectivity index (χ0v) is 12.0. The second-order valence-corrected chi connectivity index (χ2v) is 4.94. The first kappa shape index (κ1) is 16.2. The number of likely N-dealkylation sites (N-methyl/N-ethyl adjacent to an activating group) is 1. The van der Waals surface area contributed by atoms with Gasteiger partial charge in [-0.3, -0.25) is 9.59 Å². The molecule has 1 aliphatic rings. The molecule has 1 heterocycles. The lowest BCUT2D eigenvalue weighted by molar-refractivity contribution is -0.141. The number of nitrogens with one attached hydrogen (secondary N) is 1. The van der Waals surface area contributed by atoms with Crippen molar-refractivity contribution in [1.82, 2.24) is 15.1 Å². The number of carbonyl (C=O) groups excluding carboxylic acids is 2. The van der Waals surface area contributed by atoms with Crippen molar-refractivity contribution in [2.75, 3.05) is 33.8 Å². The van der Waals surface area contributed by atoms with Crippen LogP contribution < -0.4 is 5.32 Å². The molecule has 2 unspecified atom stereocenters. The van der Waals surface area contributed by atoms with E-state index in [1.54, 1.807) is 21.0 Å². The largest absolute Gasteiger partial charge is 0.481 e. The van der Waals surface area contributed by atoms with Crippen molar-refractivity contribution in [3.63, 3.8) is 0 Å². The number of rotatable bonds is 4. The smallest absolute Gasteiger partial charge is 0.318 e. The highest BCUT2D eigenvalue weighted by Crippen LogP contribution is 2.09. The van der Waals surface area contributed by atoms with Gasteiger partial charge in [0.1, 0.15) is 6.04 Å². The Labute approximate surface area is 117 Å². The SMILES string of the molecule is CC(NC(=O)N1CCOC(CC(=O)O)C1)C(=O)N(C)C. The molecule has 0 radical (unpaired) electrons. The number of amides is 3. The number of hydrogen-bond acceptors (Lipinski definition) is 4. The lowest BCUT2D eigenvalue weighted by Gasteiger charge is -2.33. The molecule has 0 spiro atoms. The molecule has 0 aromatic heterocycles. The molecule has 0 bridgehead atoms. The number of nitrogens with zero attached hydrogens (tertiary/aromatic N) is 2. The van der Waals surface area contributed by atoms with Crippen LogP contribution in [0, 0.1) is 0 Å². The number of urea groups is 1. The molecular weight excluding hydrogens is 266 g/mol. The first-order valence-corrected chi connectivity index (χ1v) is 6.41. The Kier molecular flexibility index (Phi) is 5.75. The summed E-state index contributed by atoms with van der Waals surface area (Å²) in [5.74, 6) is -1.16. The Morgan fingerprint density at radius 1 is 1.45 bits per heavy atom. The molecule has 0 aromatic carbocycles. The van der Waals surface area contributed by atoms with Gasteiger partial charge in [-0.1, -0.05) is 0 Å². The quantitative estimate of drug-likeness (QED) is 0.715. The molecule has 1 fully saturated rings. The summed E-state index contributed by atoms with van der Waals surface area (Å²) in [5, 5.41) is 11.3. The van der Waals surface area contributed by atoms with Gasteiger partial charge in [-0.2, -0.15) is 0 Å². The summed E-state index contributed by atoms with van der Waals surface area (Å²) >= 11 is 0. The highest BCUT2D eigenvalue weighted by Gasteiger charge is 2.27. The topological polar surface area (TPSA) is 99.2 Å². The molecule has 1 aliphatic heterocycles. The first-order valence-electron chi connectivity index (χ1n) is 6.41. The third-order valence-electron chi connectivity index (χ3n) is 2.98. The van der Waals surface area contributed by atoms with Crippen LogP contribution in [0.4, 0.5) is 4.79 Å². The molecule has 3 amide bonds. The molecule has 20 heavy (non-hydrogen) atoms. The fourth-order valence-electron chi connectivity index (χ4n) is 1.95. The van der Waals surface area contributed by atoms with E-state index >= 15 is 0 Å². The number of ether oxygens (including phenoxy) is 1. The van der Waals surface area contributed by atoms with Crippen LogP contribution in [0.5, 0.6) is 0 Å². The minimum absolute atomic E-state index is 0.143. The van der Waals surface area contributed by atoms with Crippen LogP contribution in [0.1, 0.15) is 13.3 Å². The van der Waals surface area contributed by atoms with Gasteiger partial charge in [0.05, 0.1) is 19.1 Å². The lowest BCUT2D eigenvalue weighted by Crippen LogP contribution is -2.54. The molecule has 0 aliphatic carbocycles. The van der Waals surface area contributed by atoms with Crippen molar-refractivity contribution in [3.05, 3.63) is 0 Å². The average molecular weight is 287 g/mol. The van der Waals surface area contributed by atoms with E-state index in [1.807, 2.05) is 0 Å². The van der Waals surface area contributed by atoms with Crippen molar-refractivity contribution in [1.29, 1.82) is 0 Å². The molecule has 0 saturated carbocycles. The van der Waals surface area contributed by atoms with E-state index in [1.165, 1.54) is 9.80 Å². The zero-order valence-electron chi connectivity index (χ0n) is 12.0. The molecule has 2 N–H and O–H groups in total. The third-order valence-corrected chi connectivity index (χ3v) is 2.98. The molecule has 1 saturated heterocycles. The van der Waals surface area contributed by atoms with Gasteiger partial charge in [-0.15, -0.1) is 0 Å². The highest BCUT2D eigenvalue weighted by molar-refractivity contribution is 5.86. The normalized spacial score (nSPS) is 20.1. The Bertz CT molecular complexity index is 385. The van der Waals surface area contributed by atoms with Crippen LogP contribution >= 0.6 is 0 Å². The summed E-state index contributed by atoms with van der Waals surface area (Å²) in [6.45, 7) is 2.49. The number of carboxylic acids is 1. The fraction of sp³-hybridized carbons (Fsp3) is 0.750. The number of aliphatic carboxylic acids is 1. The van der Waals surface area contributed by atoms with E-state index in [-0.39, 0.29) is 24.9 Å². The van der Waals surface area contributed by atoms with Crippen LogP contribution in [-0.4, -0.2) is 78.8 Å². The number of carbonyl (C=O) groups is 3. The van der Waals surface area contributed by atoms with Crippen molar-refractivity contribution in [2.45, 2.75) is 25.5 Å². The van der Waals surface area contributed by atoms with Crippen molar-refractivity contribution in [2.24, 2.45) is 0 Å². The van der Waals surface area contributed by atoms with E-state index in [0.29, 0.717) is 13.2 Å². The highest BCUT2D eigenvalue weighted by atomic mass is 16.5. The van der Waals surface area contributed by atoms with Crippen LogP contribution in [0.15, 0.2) is 0 Å². The molecular formula is C12H21N3O5. The van der Waals surface area contributed by atoms with Crippen molar-refractivity contribution < 1.29 is 24.2 Å². The molecule has 1 rings (SSSR count). The van der Waals surface area contributed by atoms with Gasteiger partial charge < -0.3 is 25.0 Å². The Hall–Kier alpha value is -1.83. The maximum Gasteiger partial charge on any atom is 0.318 e. The van der Waals surface area contributed by atoms with Crippen LogP contribution in [-0.2, 0) is 14.3 Å². The van der Waals surface area contributed by atoms with Crippen molar-refractivity contribution in [3.8, 4) is 0 Å². The van der Waals surface area contributed by atoms with Crippen LogP contribution in [0.2, 0.25) is 0 Å². The van der Waals surface area contributed by atoms with E-state index in [9.17, 15) is 14.4 Å². The monoisotopic (exact) mass is 287 g/mol. The average Bonchev–Trinajstić information content (AvgIpc) is 2.37. The minimum Gasteiger partial charge on any atom is -0.481 e. The lowest BCUT2D eigenvalue weighted by atomic mass is 10.2. The second kappa shape index (κ2) is 7.09. The maximum atomic E-state index is 12.0. The van der Waals surface area contributed by atoms with E-state index < -0.39 is 18.1 Å². The summed E-state index contributed by atoms with van der Waals surface area (Å²) in [4.78, 5) is 37.2. The van der Waals surface area contributed by atoms with Crippen LogP contribution in [0.3, 0.4) is 0 Å². The summed E-state index contributed by atoms with van der Waals surface area (Å²) in [5.41, 5.74) is 0. The molecule has 0 aromatic rings. The van der Waals surface area contributed by atoms with Gasteiger partial charge in [-0.05, 0) is 6.92 Å². The fourth-order valence-corrected chi connectivity index (χ4v) is 1.95. The Morgan fingerprint density at radius 2 is 2.10 bits per heavy atom. The molecule has 8 nitrogen and oxygen atoms in total. The third kappa shape index (κ3) is 4.69. The van der Waals surface area contributed by atoms with Gasteiger partial charge >= 0.3 is 12.0 Å². The van der Waals surface area contributed by atoms with Gasteiger partial charge in [0.15, 0.2) is 0 Å². The zero-order chi connectivity index (χ0) is 15.3. The van der Waals surface area contributed by atoms with Gasteiger partial charge in [-0.25, -0.2) is 4.79 Å². The van der Waals surface area contributed by atoms with E-state index in [0.717, 1.165) is 0 Å². The first-order chi connectivity index (χ1) is 9.31. The van der Waals surface area contributed by atoms with Crippen molar-refractivity contribution >= 4 is 17.9 Å². The summed E-state index contributed by atoms with van der Waals surface area (Å²) < 4.78 is 5.28. The summed E-state index contributed by atoms with van der Waals surface area (Å²) in [6.07, 6.45) is -0.650. The van der Waals surface area contributed by atoms with E-state index in [4.69, 9.17) is 9.84 Å². The predicted octanol–water partition coefficient (Wildman–Crippen LogP) is -0.652.